The van der Waals surface area contributed by atoms with Gasteiger partial charge in [-0.2, -0.15) is 0 Å². The van der Waals surface area contributed by atoms with E-state index in [-0.39, 0.29) is 24.2 Å². The van der Waals surface area contributed by atoms with Gasteiger partial charge in [0.1, 0.15) is 6.10 Å². The van der Waals surface area contributed by atoms with E-state index in [9.17, 15) is 0 Å². The molecule has 9 nitrogen and oxygen atoms in total. The van der Waals surface area contributed by atoms with E-state index in [1.807, 2.05) is 67.6 Å². The summed E-state index contributed by atoms with van der Waals surface area (Å²) >= 11 is 0. The van der Waals surface area contributed by atoms with E-state index < -0.39 is 0 Å². The van der Waals surface area contributed by atoms with Gasteiger partial charge in [-0.05, 0) is 90.0 Å². The van der Waals surface area contributed by atoms with Crippen molar-refractivity contribution in [2.75, 3.05) is 49.3 Å². The topological polar surface area (TPSA) is 83.1 Å². The Bertz CT molecular complexity index is 1690. The van der Waals surface area contributed by atoms with Crippen molar-refractivity contribution < 1.29 is 42.6 Å². The van der Waals surface area contributed by atoms with Crippen molar-refractivity contribution in [2.24, 2.45) is 5.92 Å². The highest BCUT2D eigenvalue weighted by Crippen LogP contribution is 2.47. The van der Waals surface area contributed by atoms with E-state index in [4.69, 9.17) is 42.6 Å². The number of benzene rings is 4. The lowest BCUT2D eigenvalue weighted by molar-refractivity contribution is 0.0344. The summed E-state index contributed by atoms with van der Waals surface area (Å²) in [6, 6.07) is 23.9. The van der Waals surface area contributed by atoms with Crippen molar-refractivity contribution in [1.29, 1.82) is 0 Å². The first kappa shape index (κ1) is 35.5. The van der Waals surface area contributed by atoms with Crippen molar-refractivity contribution in [3.05, 3.63) is 95.1 Å². The molecule has 1 aliphatic rings. The van der Waals surface area contributed by atoms with Gasteiger partial charge in [-0.3, -0.25) is 0 Å². The second kappa shape index (κ2) is 16.6. The molecule has 9 heteroatoms. The van der Waals surface area contributed by atoms with Crippen LogP contribution in [-0.4, -0.2) is 55.4 Å². The summed E-state index contributed by atoms with van der Waals surface area (Å²) in [4.78, 5) is 0. The van der Waals surface area contributed by atoms with Crippen LogP contribution in [0.25, 0.3) is 0 Å². The highest BCUT2D eigenvalue weighted by Gasteiger charge is 2.35. The molecule has 0 unspecified atom stereocenters. The van der Waals surface area contributed by atoms with E-state index in [2.05, 4.69) is 19.1 Å². The average Bonchev–Trinajstić information content (AvgIpc) is 3.52. The van der Waals surface area contributed by atoms with Gasteiger partial charge in [0.2, 0.25) is 0 Å². The minimum absolute atomic E-state index is 0.0875. The van der Waals surface area contributed by atoms with Gasteiger partial charge < -0.3 is 42.6 Å². The Balaban J connectivity index is 1.21. The fourth-order valence-electron chi connectivity index (χ4n) is 6.32. The molecule has 49 heavy (non-hydrogen) atoms. The van der Waals surface area contributed by atoms with Crippen LogP contribution in [-0.2, 0) is 17.6 Å². The van der Waals surface area contributed by atoms with E-state index in [1.165, 1.54) is 0 Å². The van der Waals surface area contributed by atoms with E-state index >= 15 is 0 Å². The van der Waals surface area contributed by atoms with Gasteiger partial charge in [-0.25, -0.2) is 0 Å². The van der Waals surface area contributed by atoms with E-state index in [0.717, 1.165) is 28.7 Å². The Morgan fingerprint density at radius 3 is 1.76 bits per heavy atom. The molecule has 262 valence electrons. The highest BCUT2D eigenvalue weighted by molar-refractivity contribution is 5.47. The molecule has 0 aromatic heterocycles. The van der Waals surface area contributed by atoms with Gasteiger partial charge in [0.25, 0.3) is 0 Å². The maximum Gasteiger partial charge on any atom is 0.161 e. The van der Waals surface area contributed by atoms with Crippen molar-refractivity contribution in [2.45, 2.75) is 51.4 Å². The number of rotatable bonds is 16. The van der Waals surface area contributed by atoms with Crippen LogP contribution in [0.5, 0.6) is 46.0 Å². The van der Waals surface area contributed by atoms with Gasteiger partial charge >= 0.3 is 0 Å². The zero-order valence-corrected chi connectivity index (χ0v) is 29.7. The van der Waals surface area contributed by atoms with Gasteiger partial charge in [0.15, 0.2) is 46.0 Å². The van der Waals surface area contributed by atoms with Crippen molar-refractivity contribution in [3.8, 4) is 46.0 Å². The van der Waals surface area contributed by atoms with Crippen molar-refractivity contribution in [3.63, 3.8) is 0 Å². The molecular weight excluding hydrogens is 624 g/mol. The van der Waals surface area contributed by atoms with Crippen LogP contribution in [0.3, 0.4) is 0 Å². The van der Waals surface area contributed by atoms with Crippen LogP contribution in [0.2, 0.25) is 0 Å². The Kier molecular flexibility index (Phi) is 12.0. The molecule has 1 aliphatic heterocycles. The minimum Gasteiger partial charge on any atom is -0.493 e. The number of hydrogen-bond donors (Lipinski definition) is 0. The summed E-state index contributed by atoms with van der Waals surface area (Å²) in [7, 11) is 9.85. The summed E-state index contributed by atoms with van der Waals surface area (Å²) in [5.41, 5.74) is 4.28. The van der Waals surface area contributed by atoms with Crippen LogP contribution in [0.4, 0.5) is 0 Å². The molecule has 4 aromatic carbocycles. The number of methoxy groups -OCH3 is 6. The molecule has 1 heterocycles. The number of hydrogen-bond acceptors (Lipinski definition) is 9. The molecule has 0 bridgehead atoms. The third-order valence-corrected chi connectivity index (χ3v) is 8.88. The summed E-state index contributed by atoms with van der Waals surface area (Å²) in [6.07, 6.45) is 1.99. The maximum atomic E-state index is 6.67. The molecule has 4 aromatic rings. The molecule has 1 saturated heterocycles. The zero-order chi connectivity index (χ0) is 34.9. The van der Waals surface area contributed by atoms with Gasteiger partial charge in [-0.15, -0.1) is 0 Å². The first-order chi connectivity index (χ1) is 23.8. The van der Waals surface area contributed by atoms with Crippen molar-refractivity contribution >= 4 is 0 Å². The summed E-state index contributed by atoms with van der Waals surface area (Å²) in [6.45, 7) is 4.74. The molecule has 0 radical (unpaired) electrons. The smallest absolute Gasteiger partial charge is 0.161 e. The molecule has 0 N–H and O–H groups in total. The fraction of sp³-hybridized carbons (Fsp3) is 0.400. The molecule has 1 fully saturated rings. The van der Waals surface area contributed by atoms with Gasteiger partial charge in [0.05, 0.1) is 61.5 Å². The van der Waals surface area contributed by atoms with Crippen LogP contribution >= 0.6 is 0 Å². The molecule has 0 aliphatic carbocycles. The summed E-state index contributed by atoms with van der Waals surface area (Å²) in [5.74, 6) is 5.81. The largest absolute Gasteiger partial charge is 0.493 e. The quantitative estimate of drug-likeness (QED) is 0.117. The Hall–Kier alpha value is -4.76. The average molecular weight is 673 g/mol. The maximum absolute atomic E-state index is 6.67. The molecule has 0 spiro atoms. The molecule has 4 atom stereocenters. The Morgan fingerprint density at radius 1 is 0.592 bits per heavy atom. The molecular formula is C40H48O9. The molecule has 5 rings (SSSR count). The monoisotopic (exact) mass is 672 g/mol. The first-order valence-corrected chi connectivity index (χ1v) is 16.5. The zero-order valence-electron chi connectivity index (χ0n) is 29.7. The predicted molar refractivity (Wildman–Crippen MR) is 188 cm³/mol. The third-order valence-electron chi connectivity index (χ3n) is 8.88. The SMILES string of the molecule is COc1ccc(CCOc2ccc([C@H]3O[C@H](c4ccc(O[C@H](C)Cc5ccc(OC)c(OC)c5)c(OC)c4)C[C@H]3C)cc2OC)cc1OC. The number of ether oxygens (including phenoxy) is 9. The molecule has 0 amide bonds. The van der Waals surface area contributed by atoms with Gasteiger partial charge in [0, 0.05) is 12.8 Å². The molecule has 0 saturated carbocycles. The Labute approximate surface area is 289 Å². The lowest BCUT2D eigenvalue weighted by Crippen LogP contribution is -2.16. The first-order valence-electron chi connectivity index (χ1n) is 16.5. The van der Waals surface area contributed by atoms with Crippen LogP contribution in [0.15, 0.2) is 72.8 Å². The van der Waals surface area contributed by atoms with Crippen LogP contribution in [0, 0.1) is 5.92 Å². The normalized spacial score (nSPS) is 17.6. The fourth-order valence-corrected chi connectivity index (χ4v) is 6.32. The predicted octanol–water partition coefficient (Wildman–Crippen LogP) is 8.21. The Morgan fingerprint density at radius 2 is 1.10 bits per heavy atom. The second-order valence-corrected chi connectivity index (χ2v) is 12.2. The summed E-state index contributed by atoms with van der Waals surface area (Å²) in [5, 5.41) is 0. The highest BCUT2D eigenvalue weighted by atomic mass is 16.5. The van der Waals surface area contributed by atoms with Crippen LogP contribution in [0.1, 0.15) is 54.7 Å². The lowest BCUT2D eigenvalue weighted by Gasteiger charge is -2.20. The van der Waals surface area contributed by atoms with Gasteiger partial charge in [-0.1, -0.05) is 31.2 Å². The van der Waals surface area contributed by atoms with E-state index in [0.29, 0.717) is 65.4 Å². The second-order valence-electron chi connectivity index (χ2n) is 12.2. The minimum atomic E-state index is -0.0992. The third kappa shape index (κ3) is 8.46. The van der Waals surface area contributed by atoms with Crippen molar-refractivity contribution in [1.82, 2.24) is 0 Å². The standard InChI is InChI=1S/C40H48O9/c1-25-19-35(29-11-16-34(39(23-29)46-8)48-26(2)20-28-10-14-32(42-4)37(22-28)44-6)49-40(25)30-12-15-33(38(24-30)45-7)47-18-17-27-9-13-31(41-3)36(21-27)43-5/h9-16,21-26,35,40H,17-20H2,1-8H3/t25-,26-,35+,40+/m1/s1. The van der Waals surface area contributed by atoms with Crippen LogP contribution < -0.4 is 37.9 Å². The van der Waals surface area contributed by atoms with E-state index in [1.54, 1.807) is 42.7 Å². The lowest BCUT2D eigenvalue weighted by atomic mass is 9.94. The summed E-state index contributed by atoms with van der Waals surface area (Å²) < 4.78 is 52.2.